The normalized spacial score (nSPS) is 14.6. The Morgan fingerprint density at radius 1 is 1.00 bits per heavy atom. The van der Waals surface area contributed by atoms with E-state index in [9.17, 15) is 18.7 Å². The van der Waals surface area contributed by atoms with Crippen molar-refractivity contribution in [2.75, 3.05) is 6.61 Å². The predicted molar refractivity (Wildman–Crippen MR) is 154 cm³/mol. The zero-order valence-corrected chi connectivity index (χ0v) is 23.2. The van der Waals surface area contributed by atoms with Crippen molar-refractivity contribution in [3.63, 3.8) is 0 Å². The Hall–Kier alpha value is -4.63. The first kappa shape index (κ1) is 27.5. The number of imidazole rings is 1. The predicted octanol–water partition coefficient (Wildman–Crippen LogP) is 6.65. The minimum absolute atomic E-state index is 0.0709. The van der Waals surface area contributed by atoms with Gasteiger partial charge in [-0.1, -0.05) is 24.3 Å². The monoisotopic (exact) mass is 569 g/mol. The molecule has 1 aliphatic heterocycles. The maximum atomic E-state index is 14.5. The van der Waals surface area contributed by atoms with Gasteiger partial charge in [-0.05, 0) is 79.4 Å². The Bertz CT molecular complexity index is 1810. The largest absolute Gasteiger partial charge is 0.478 e. The molecule has 7 nitrogen and oxygen atoms in total. The first-order valence-electron chi connectivity index (χ1n) is 13.7. The van der Waals surface area contributed by atoms with Gasteiger partial charge in [0.1, 0.15) is 18.2 Å². The lowest BCUT2D eigenvalue weighted by Crippen LogP contribution is -2.31. The summed E-state index contributed by atoms with van der Waals surface area (Å²) in [6.45, 7) is 4.97. The zero-order valence-electron chi connectivity index (χ0n) is 23.2. The molecule has 3 aromatic carbocycles. The number of nitrogens with zero attached hydrogens (tertiary/aromatic N) is 3. The molecule has 1 unspecified atom stereocenters. The van der Waals surface area contributed by atoms with Gasteiger partial charge in [0, 0.05) is 24.2 Å². The molecule has 5 aromatic rings. The highest BCUT2D eigenvalue weighted by atomic mass is 19.1. The number of carbonyl (C=O) groups is 1. The number of hydrogen-bond donors (Lipinski definition) is 1. The molecule has 0 spiro atoms. The van der Waals surface area contributed by atoms with E-state index in [1.54, 1.807) is 43.3 Å². The molecule has 42 heavy (non-hydrogen) atoms. The van der Waals surface area contributed by atoms with Crippen LogP contribution in [0.25, 0.3) is 22.3 Å². The second kappa shape index (κ2) is 11.3. The summed E-state index contributed by atoms with van der Waals surface area (Å²) in [7, 11) is 0. The Balaban J connectivity index is 1.25. The maximum Gasteiger partial charge on any atom is 0.335 e. The summed E-state index contributed by atoms with van der Waals surface area (Å²) in [5, 5.41) is 9.50. The fourth-order valence-electron chi connectivity index (χ4n) is 5.10. The summed E-state index contributed by atoms with van der Waals surface area (Å²) in [5.41, 5.74) is 6.17. The summed E-state index contributed by atoms with van der Waals surface area (Å²) in [4.78, 5) is 20.8. The van der Waals surface area contributed by atoms with E-state index in [-0.39, 0.29) is 24.2 Å². The summed E-state index contributed by atoms with van der Waals surface area (Å²) in [6.07, 6.45) is 1.55. The summed E-state index contributed by atoms with van der Waals surface area (Å²) < 4.78 is 42.0. The molecule has 3 heterocycles. The van der Waals surface area contributed by atoms with Gasteiger partial charge in [-0.3, -0.25) is 0 Å². The van der Waals surface area contributed by atoms with Crippen LogP contribution in [0.3, 0.4) is 0 Å². The summed E-state index contributed by atoms with van der Waals surface area (Å²) in [5.74, 6) is -1.39. The lowest BCUT2D eigenvalue weighted by Gasteiger charge is -2.27. The zero-order chi connectivity index (χ0) is 29.4. The van der Waals surface area contributed by atoms with Crippen molar-refractivity contribution in [1.29, 1.82) is 0 Å². The molecule has 0 bridgehead atoms. The van der Waals surface area contributed by atoms with E-state index in [1.165, 1.54) is 12.1 Å². The highest BCUT2D eigenvalue weighted by Gasteiger charge is 2.23. The molecule has 214 valence electrons. The number of fused-ring (bicyclic) bond motifs is 1. The van der Waals surface area contributed by atoms with Crippen LogP contribution in [0.1, 0.15) is 44.9 Å². The first-order chi connectivity index (χ1) is 20.2. The second-order valence-electron chi connectivity index (χ2n) is 10.6. The molecule has 6 rings (SSSR count). The van der Waals surface area contributed by atoms with Gasteiger partial charge in [0.15, 0.2) is 5.82 Å². The quantitative estimate of drug-likeness (QED) is 0.214. The molecule has 1 N–H and O–H groups in total. The molecular formula is C33H29F2N3O4. The molecule has 1 fully saturated rings. The van der Waals surface area contributed by atoms with E-state index >= 15 is 0 Å². The molecule has 0 radical (unpaired) electrons. The van der Waals surface area contributed by atoms with Crippen LogP contribution in [-0.4, -0.2) is 38.3 Å². The Kier molecular flexibility index (Phi) is 7.43. The number of benzene rings is 3. The maximum absolute atomic E-state index is 14.5. The number of aromatic nitrogens is 3. The molecule has 1 atom stereocenters. The molecule has 2 aromatic heterocycles. The molecule has 0 aliphatic carbocycles. The molecule has 1 saturated heterocycles. The number of halogens is 2. The van der Waals surface area contributed by atoms with Crippen LogP contribution in [0.2, 0.25) is 0 Å². The van der Waals surface area contributed by atoms with Crippen molar-refractivity contribution in [3.8, 4) is 17.1 Å². The third-order valence-corrected chi connectivity index (χ3v) is 7.63. The first-order valence-corrected chi connectivity index (χ1v) is 13.7. The Morgan fingerprint density at radius 3 is 2.52 bits per heavy atom. The number of carboxylic acid groups (broad SMARTS) is 1. The third kappa shape index (κ3) is 5.60. The fourth-order valence-corrected chi connectivity index (χ4v) is 5.10. The number of rotatable bonds is 9. The van der Waals surface area contributed by atoms with E-state index in [4.69, 9.17) is 14.5 Å². The van der Waals surface area contributed by atoms with Gasteiger partial charge < -0.3 is 19.1 Å². The van der Waals surface area contributed by atoms with E-state index in [0.717, 1.165) is 52.1 Å². The molecular weight excluding hydrogens is 540 g/mol. The van der Waals surface area contributed by atoms with Crippen LogP contribution < -0.4 is 4.74 Å². The lowest BCUT2D eigenvalue weighted by molar-refractivity contribution is -0.0589. The van der Waals surface area contributed by atoms with Crippen LogP contribution in [0.4, 0.5) is 8.78 Å². The number of aryl methyl sites for hydroxylation is 2. The van der Waals surface area contributed by atoms with Crippen LogP contribution >= 0.6 is 0 Å². The fraction of sp³-hybridized carbons (Fsp3) is 0.242. The summed E-state index contributed by atoms with van der Waals surface area (Å²) in [6, 6.07) is 18.5. The van der Waals surface area contributed by atoms with Gasteiger partial charge in [-0.2, -0.15) is 0 Å². The molecule has 0 saturated carbocycles. The van der Waals surface area contributed by atoms with E-state index < -0.39 is 17.6 Å². The Labute approximate surface area is 241 Å². The van der Waals surface area contributed by atoms with Crippen LogP contribution in [0.15, 0.2) is 66.7 Å². The minimum atomic E-state index is -0.984. The number of carboxylic acids is 1. The highest BCUT2D eigenvalue weighted by Crippen LogP contribution is 2.28. The second-order valence-corrected chi connectivity index (χ2v) is 10.6. The van der Waals surface area contributed by atoms with E-state index in [1.807, 2.05) is 25.1 Å². The minimum Gasteiger partial charge on any atom is -0.478 e. The number of hydrogen-bond acceptors (Lipinski definition) is 5. The smallest absolute Gasteiger partial charge is 0.335 e. The van der Waals surface area contributed by atoms with Gasteiger partial charge in [0.25, 0.3) is 5.88 Å². The number of ether oxygens (including phenoxy) is 2. The number of pyridine rings is 1. The van der Waals surface area contributed by atoms with Gasteiger partial charge in [-0.25, -0.2) is 23.5 Å². The van der Waals surface area contributed by atoms with Crippen molar-refractivity contribution >= 4 is 17.0 Å². The Morgan fingerprint density at radius 2 is 1.81 bits per heavy atom. The summed E-state index contributed by atoms with van der Waals surface area (Å²) >= 11 is 0. The van der Waals surface area contributed by atoms with Crippen LogP contribution in [-0.2, 0) is 24.3 Å². The van der Waals surface area contributed by atoms with Gasteiger partial charge in [0.05, 0.1) is 34.9 Å². The van der Waals surface area contributed by atoms with E-state index in [0.29, 0.717) is 24.2 Å². The van der Waals surface area contributed by atoms with Crippen molar-refractivity contribution in [2.24, 2.45) is 0 Å². The van der Waals surface area contributed by atoms with Crippen LogP contribution in [0.5, 0.6) is 5.88 Å². The highest BCUT2D eigenvalue weighted by molar-refractivity contribution is 5.92. The van der Waals surface area contributed by atoms with Gasteiger partial charge in [0.2, 0.25) is 0 Å². The standard InChI is InChI=1S/C33H29F2N3O4/c1-19-3-4-24(27(35)13-19)18-42-32-26(34)8-10-28(37-32)22-6-5-21(20(2)14-22)16-31-36-29-9-7-23(33(39)40)15-30(29)38(31)17-25-11-12-41-25/h3-10,13-15,25H,11-12,16-18H2,1-2H3,(H,39,40). The SMILES string of the molecule is Cc1ccc(COc2nc(-c3ccc(Cc4nc5ccc(C(=O)O)cc5n4CC4CCO4)c(C)c3)ccc2F)c(F)c1. The lowest BCUT2D eigenvalue weighted by atomic mass is 10.0. The average Bonchev–Trinajstić information content (AvgIpc) is 3.28. The van der Waals surface area contributed by atoms with Crippen LogP contribution in [0, 0.1) is 25.5 Å². The van der Waals surface area contributed by atoms with Gasteiger partial charge >= 0.3 is 5.97 Å². The average molecular weight is 570 g/mol. The number of aromatic carboxylic acids is 1. The molecule has 9 heteroatoms. The van der Waals surface area contributed by atoms with Crippen molar-refractivity contribution in [1.82, 2.24) is 14.5 Å². The van der Waals surface area contributed by atoms with Crippen molar-refractivity contribution in [3.05, 3.63) is 112 Å². The van der Waals surface area contributed by atoms with Crippen molar-refractivity contribution in [2.45, 2.75) is 45.9 Å². The topological polar surface area (TPSA) is 86.5 Å². The molecule has 0 amide bonds. The third-order valence-electron chi connectivity index (χ3n) is 7.63. The molecule has 1 aliphatic rings. The van der Waals surface area contributed by atoms with Crippen molar-refractivity contribution < 1.29 is 28.2 Å². The van der Waals surface area contributed by atoms with E-state index in [2.05, 4.69) is 9.55 Å². The van der Waals surface area contributed by atoms with Gasteiger partial charge in [-0.15, -0.1) is 0 Å².